The van der Waals surface area contributed by atoms with Crippen LogP contribution in [0.15, 0.2) is 42.7 Å². The molecule has 1 heterocycles. The molecule has 0 fully saturated rings. The summed E-state index contributed by atoms with van der Waals surface area (Å²) in [5, 5.41) is 0. The van der Waals surface area contributed by atoms with Crippen LogP contribution in [-0.4, -0.2) is 4.57 Å². The first kappa shape index (κ1) is 45.6. The van der Waals surface area contributed by atoms with Crippen molar-refractivity contribution in [1.29, 1.82) is 0 Å². The number of imidazole rings is 1. The number of hydrogen-bond donors (Lipinski definition) is 0. The summed E-state index contributed by atoms with van der Waals surface area (Å²) in [6.45, 7) is 6.98. The lowest BCUT2D eigenvalue weighted by Gasteiger charge is -2.07. The van der Waals surface area contributed by atoms with Crippen LogP contribution in [0.4, 0.5) is 0 Å². The third kappa shape index (κ3) is 26.8. The topological polar surface area (TPSA) is 8.81 Å². The second kappa shape index (κ2) is 35.5. The second-order valence-electron chi connectivity index (χ2n) is 16.4. The molecule has 2 rings (SSSR count). The highest BCUT2D eigenvalue weighted by Gasteiger charge is 2.16. The number of hydrogen-bond acceptors (Lipinski definition) is 0. The predicted molar refractivity (Wildman–Crippen MR) is 227 cm³/mol. The van der Waals surface area contributed by atoms with Crippen LogP contribution >= 0.6 is 0 Å². The molecular formula is C49H89N2+. The summed E-state index contributed by atoms with van der Waals surface area (Å²) in [6, 6.07) is 11.1. The van der Waals surface area contributed by atoms with Crippen LogP contribution in [0.5, 0.6) is 0 Å². The van der Waals surface area contributed by atoms with Crippen molar-refractivity contribution in [3.8, 4) is 0 Å². The monoisotopic (exact) mass is 706 g/mol. The first-order chi connectivity index (χ1) is 25.3. The molecule has 0 aliphatic heterocycles. The Balaban J connectivity index is 1.55. The van der Waals surface area contributed by atoms with E-state index in [4.69, 9.17) is 0 Å². The molecule has 294 valence electrons. The van der Waals surface area contributed by atoms with Crippen molar-refractivity contribution >= 4 is 0 Å². The van der Waals surface area contributed by atoms with E-state index in [2.05, 4.69) is 65.7 Å². The van der Waals surface area contributed by atoms with E-state index < -0.39 is 0 Å². The van der Waals surface area contributed by atoms with E-state index in [0.29, 0.717) is 0 Å². The number of benzene rings is 1. The van der Waals surface area contributed by atoms with E-state index in [9.17, 15) is 0 Å². The van der Waals surface area contributed by atoms with Gasteiger partial charge in [0, 0.05) is 6.42 Å². The molecule has 2 heteroatoms. The van der Waals surface area contributed by atoms with Crippen LogP contribution in [0.3, 0.4) is 0 Å². The average molecular weight is 706 g/mol. The molecule has 0 saturated heterocycles. The molecule has 1 aromatic heterocycles. The summed E-state index contributed by atoms with van der Waals surface area (Å²) in [5.41, 5.74) is 1.47. The predicted octanol–water partition coefficient (Wildman–Crippen LogP) is 15.9. The molecule has 0 atom stereocenters. The van der Waals surface area contributed by atoms with Gasteiger partial charge in [-0.25, -0.2) is 9.13 Å². The largest absolute Gasteiger partial charge is 0.256 e. The molecule has 0 amide bonds. The number of aryl methyl sites for hydroxylation is 3. The van der Waals surface area contributed by atoms with Gasteiger partial charge in [0.05, 0.1) is 13.1 Å². The fraction of sp³-hybridized carbons (Fsp3) is 0.816. The number of aromatic nitrogens is 2. The Bertz CT molecular complexity index is 962. The molecule has 2 aromatic rings. The van der Waals surface area contributed by atoms with Gasteiger partial charge in [0.2, 0.25) is 0 Å². The van der Waals surface area contributed by atoms with E-state index in [1.807, 2.05) is 0 Å². The molecule has 51 heavy (non-hydrogen) atoms. The average Bonchev–Trinajstić information content (AvgIpc) is 3.53. The number of rotatable bonds is 39. The Kier molecular flexibility index (Phi) is 31.7. The van der Waals surface area contributed by atoms with Crippen molar-refractivity contribution < 1.29 is 4.57 Å². The van der Waals surface area contributed by atoms with Gasteiger partial charge in [-0.3, -0.25) is 0 Å². The quantitative estimate of drug-likeness (QED) is 0.0484. The van der Waals surface area contributed by atoms with Gasteiger partial charge in [-0.1, -0.05) is 237 Å². The maximum Gasteiger partial charge on any atom is 0.256 e. The zero-order chi connectivity index (χ0) is 36.1. The second-order valence-corrected chi connectivity index (χ2v) is 16.4. The van der Waals surface area contributed by atoms with Gasteiger partial charge in [0.15, 0.2) is 0 Å². The lowest BCUT2D eigenvalue weighted by molar-refractivity contribution is -0.704. The van der Waals surface area contributed by atoms with Crippen molar-refractivity contribution in [2.24, 2.45) is 0 Å². The minimum absolute atomic E-state index is 1.15. The molecule has 0 aliphatic rings. The molecule has 0 radical (unpaired) electrons. The molecule has 0 aliphatic carbocycles. The lowest BCUT2D eigenvalue weighted by atomic mass is 10.0. The molecule has 1 aromatic carbocycles. The van der Waals surface area contributed by atoms with E-state index in [1.165, 1.54) is 243 Å². The highest BCUT2D eigenvalue weighted by atomic mass is 15.1. The minimum atomic E-state index is 1.15. The van der Waals surface area contributed by atoms with Gasteiger partial charge in [-0.15, -0.1) is 0 Å². The van der Waals surface area contributed by atoms with Crippen LogP contribution in [0.2, 0.25) is 0 Å². The highest BCUT2D eigenvalue weighted by molar-refractivity contribution is 5.14. The smallest absolute Gasteiger partial charge is 0.234 e. The van der Waals surface area contributed by atoms with Crippen LogP contribution < -0.4 is 4.57 Å². The molecule has 0 unspecified atom stereocenters. The highest BCUT2D eigenvalue weighted by Crippen LogP contribution is 2.17. The normalized spacial score (nSPS) is 11.6. The van der Waals surface area contributed by atoms with E-state index in [-0.39, 0.29) is 0 Å². The van der Waals surface area contributed by atoms with E-state index >= 15 is 0 Å². The zero-order valence-corrected chi connectivity index (χ0v) is 34.8. The summed E-state index contributed by atoms with van der Waals surface area (Å²) in [4.78, 5) is 0. The standard InChI is InChI=1S/C49H89N2/c1-3-5-7-9-11-13-15-17-19-21-22-24-26-28-30-32-37-43-49-50(46-47-51(49)45-39-42-48-40-35-34-36-41-48)44-38-33-31-29-27-25-23-20-18-16-14-12-10-8-6-4-2/h34-36,40-41,46-47H,3-33,37-39,42-45H2,1-2H3/q+1. The summed E-state index contributed by atoms with van der Waals surface area (Å²) in [5.74, 6) is 1.59. The van der Waals surface area contributed by atoms with Gasteiger partial charge in [-0.2, -0.15) is 0 Å². The van der Waals surface area contributed by atoms with Crippen molar-refractivity contribution in [2.45, 2.75) is 258 Å². The summed E-state index contributed by atoms with van der Waals surface area (Å²) in [6.07, 6.45) is 56.0. The van der Waals surface area contributed by atoms with Crippen molar-refractivity contribution in [2.75, 3.05) is 0 Å². The minimum Gasteiger partial charge on any atom is -0.234 e. The maximum atomic E-state index is 2.62. The fourth-order valence-electron chi connectivity index (χ4n) is 8.13. The molecule has 0 spiro atoms. The number of nitrogens with zero attached hydrogens (tertiary/aromatic N) is 2. The van der Waals surface area contributed by atoms with Crippen molar-refractivity contribution in [3.63, 3.8) is 0 Å². The molecule has 0 N–H and O–H groups in total. The van der Waals surface area contributed by atoms with Gasteiger partial charge in [-0.05, 0) is 37.7 Å². The van der Waals surface area contributed by atoms with Gasteiger partial charge in [0.1, 0.15) is 12.4 Å². The van der Waals surface area contributed by atoms with Gasteiger partial charge in [0.25, 0.3) is 5.82 Å². The third-order valence-corrected chi connectivity index (χ3v) is 11.6. The van der Waals surface area contributed by atoms with E-state index in [1.54, 1.807) is 5.82 Å². The Labute approximate surface area is 320 Å². The Morgan fingerprint density at radius 2 is 0.765 bits per heavy atom. The van der Waals surface area contributed by atoms with Crippen LogP contribution in [-0.2, 0) is 25.9 Å². The van der Waals surface area contributed by atoms with E-state index in [0.717, 1.165) is 6.54 Å². The van der Waals surface area contributed by atoms with Crippen LogP contribution in [0.25, 0.3) is 0 Å². The first-order valence-corrected chi connectivity index (χ1v) is 23.5. The molecule has 0 saturated carbocycles. The van der Waals surface area contributed by atoms with Gasteiger partial charge < -0.3 is 0 Å². The third-order valence-electron chi connectivity index (χ3n) is 11.6. The summed E-state index contributed by atoms with van der Waals surface area (Å²) in [7, 11) is 0. The maximum absolute atomic E-state index is 2.62. The van der Waals surface area contributed by atoms with Crippen LogP contribution in [0, 0.1) is 0 Å². The van der Waals surface area contributed by atoms with Gasteiger partial charge >= 0.3 is 0 Å². The Morgan fingerprint density at radius 1 is 0.392 bits per heavy atom. The number of unbranched alkanes of at least 4 members (excludes halogenated alkanes) is 31. The Morgan fingerprint density at radius 3 is 1.18 bits per heavy atom. The summed E-state index contributed by atoms with van der Waals surface area (Å²) < 4.78 is 5.22. The molecule has 0 bridgehead atoms. The van der Waals surface area contributed by atoms with Crippen molar-refractivity contribution in [3.05, 3.63) is 54.1 Å². The lowest BCUT2D eigenvalue weighted by Crippen LogP contribution is -2.37. The summed E-state index contributed by atoms with van der Waals surface area (Å²) >= 11 is 0. The Hall–Kier alpha value is -1.57. The molecule has 2 nitrogen and oxygen atoms in total. The van der Waals surface area contributed by atoms with Crippen molar-refractivity contribution in [1.82, 2.24) is 4.57 Å². The SMILES string of the molecule is CCCCCCCCCCCCCCCCCCCc1n(CCCCCCCCCCCCCCCCCC)cc[n+]1CCCc1ccccc1. The first-order valence-electron chi connectivity index (χ1n) is 23.5. The fourth-order valence-corrected chi connectivity index (χ4v) is 8.13. The molecular weight excluding hydrogens is 617 g/mol. The van der Waals surface area contributed by atoms with Crippen LogP contribution in [0.1, 0.15) is 244 Å². The zero-order valence-electron chi connectivity index (χ0n) is 34.8.